The molecule has 2 aromatic rings. The summed E-state index contributed by atoms with van der Waals surface area (Å²) in [6.45, 7) is 4.02. The molecule has 0 aliphatic carbocycles. The van der Waals surface area contributed by atoms with Crippen LogP contribution < -0.4 is 5.73 Å². The molecule has 1 aromatic heterocycles. The molecule has 0 saturated heterocycles. The molecular weight excluding hydrogens is 294 g/mol. The van der Waals surface area contributed by atoms with Gasteiger partial charge in [0, 0.05) is 23.2 Å². The maximum Gasteiger partial charge on any atom is 0.200 e. The Balaban J connectivity index is 2.31. The second-order valence-electron chi connectivity index (χ2n) is 3.83. The summed E-state index contributed by atoms with van der Waals surface area (Å²) in [4.78, 5) is 4.18. The summed E-state index contributed by atoms with van der Waals surface area (Å²) in [5.74, 6) is 0.514. The Labute approximate surface area is 115 Å². The predicted molar refractivity (Wildman–Crippen MR) is 76.3 cm³/mol. The van der Waals surface area contributed by atoms with E-state index in [1.807, 2.05) is 35.8 Å². The highest BCUT2D eigenvalue weighted by Gasteiger charge is 2.11. The van der Waals surface area contributed by atoms with Crippen LogP contribution in [0.1, 0.15) is 6.92 Å². The first-order valence-corrected chi connectivity index (χ1v) is 6.67. The van der Waals surface area contributed by atoms with Gasteiger partial charge in [-0.2, -0.15) is 0 Å². The molecule has 0 atom stereocenters. The summed E-state index contributed by atoms with van der Waals surface area (Å²) in [5, 5.41) is 0. The number of nitrogen functional groups attached to an aromatic ring is 1. The standard InChI is InChI=1S/C13H16BrN3O/c1-2-18-8-7-17-12(9-16-13(17)15)10-5-3-4-6-11(10)14/h3-6,9H,2,7-8H2,1H3,(H2,15,16). The molecule has 0 spiro atoms. The van der Waals surface area contributed by atoms with E-state index in [4.69, 9.17) is 10.5 Å². The van der Waals surface area contributed by atoms with Gasteiger partial charge in [0.15, 0.2) is 0 Å². The van der Waals surface area contributed by atoms with Crippen molar-refractivity contribution in [2.75, 3.05) is 18.9 Å². The third-order valence-electron chi connectivity index (χ3n) is 2.70. The molecule has 0 fully saturated rings. The Hall–Kier alpha value is -1.33. The van der Waals surface area contributed by atoms with Gasteiger partial charge in [-0.15, -0.1) is 0 Å². The van der Waals surface area contributed by atoms with Crippen molar-refractivity contribution >= 4 is 21.9 Å². The SMILES string of the molecule is CCOCCn1c(-c2ccccc2Br)cnc1N. The number of imidazole rings is 1. The molecule has 4 nitrogen and oxygen atoms in total. The van der Waals surface area contributed by atoms with Crippen molar-refractivity contribution in [1.82, 2.24) is 9.55 Å². The number of rotatable bonds is 5. The largest absolute Gasteiger partial charge is 0.380 e. The topological polar surface area (TPSA) is 53.1 Å². The number of hydrogen-bond acceptors (Lipinski definition) is 3. The molecule has 0 aliphatic rings. The number of anilines is 1. The van der Waals surface area contributed by atoms with Crippen molar-refractivity contribution in [3.63, 3.8) is 0 Å². The summed E-state index contributed by atoms with van der Waals surface area (Å²) >= 11 is 3.55. The third kappa shape index (κ3) is 2.73. The molecule has 1 heterocycles. The lowest BCUT2D eigenvalue weighted by Crippen LogP contribution is -2.10. The molecule has 18 heavy (non-hydrogen) atoms. The zero-order chi connectivity index (χ0) is 13.0. The fraction of sp³-hybridized carbons (Fsp3) is 0.308. The maximum atomic E-state index is 5.89. The first-order valence-electron chi connectivity index (χ1n) is 5.87. The lowest BCUT2D eigenvalue weighted by atomic mass is 10.2. The van der Waals surface area contributed by atoms with Gasteiger partial charge in [-0.25, -0.2) is 4.98 Å². The Bertz CT molecular complexity index is 525. The van der Waals surface area contributed by atoms with E-state index in [1.165, 1.54) is 0 Å². The van der Waals surface area contributed by atoms with Crippen LogP contribution in [-0.2, 0) is 11.3 Å². The van der Waals surface area contributed by atoms with Gasteiger partial charge in [-0.1, -0.05) is 34.1 Å². The number of ether oxygens (including phenoxy) is 1. The molecular formula is C13H16BrN3O. The predicted octanol–water partition coefficient (Wildman–Crippen LogP) is 2.93. The van der Waals surface area contributed by atoms with Crippen LogP contribution in [0.15, 0.2) is 34.9 Å². The molecule has 2 rings (SSSR count). The molecule has 0 unspecified atom stereocenters. The van der Waals surface area contributed by atoms with Crippen LogP contribution in [0.4, 0.5) is 5.95 Å². The van der Waals surface area contributed by atoms with Gasteiger partial charge in [-0.05, 0) is 13.0 Å². The number of halogens is 1. The van der Waals surface area contributed by atoms with E-state index >= 15 is 0 Å². The Morgan fingerprint density at radius 1 is 1.39 bits per heavy atom. The van der Waals surface area contributed by atoms with E-state index in [1.54, 1.807) is 6.20 Å². The average molecular weight is 310 g/mol. The van der Waals surface area contributed by atoms with Gasteiger partial charge in [0.05, 0.1) is 18.5 Å². The van der Waals surface area contributed by atoms with Crippen LogP contribution in [0.2, 0.25) is 0 Å². The van der Waals surface area contributed by atoms with Gasteiger partial charge in [0.1, 0.15) is 0 Å². The van der Waals surface area contributed by atoms with Gasteiger partial charge in [0.25, 0.3) is 0 Å². The Morgan fingerprint density at radius 2 is 2.17 bits per heavy atom. The van der Waals surface area contributed by atoms with Gasteiger partial charge in [-0.3, -0.25) is 0 Å². The number of nitrogens with two attached hydrogens (primary N) is 1. The van der Waals surface area contributed by atoms with Crippen LogP contribution in [-0.4, -0.2) is 22.8 Å². The van der Waals surface area contributed by atoms with Crippen LogP contribution in [0, 0.1) is 0 Å². The summed E-state index contributed by atoms with van der Waals surface area (Å²) in [7, 11) is 0. The van der Waals surface area contributed by atoms with Crippen LogP contribution in [0.25, 0.3) is 11.3 Å². The van der Waals surface area contributed by atoms with E-state index in [0.717, 1.165) is 15.7 Å². The van der Waals surface area contributed by atoms with Crippen molar-refractivity contribution in [1.29, 1.82) is 0 Å². The van der Waals surface area contributed by atoms with E-state index in [9.17, 15) is 0 Å². The van der Waals surface area contributed by atoms with Crippen molar-refractivity contribution in [2.45, 2.75) is 13.5 Å². The minimum absolute atomic E-state index is 0.514. The number of benzene rings is 1. The fourth-order valence-electron chi connectivity index (χ4n) is 1.81. The second kappa shape index (κ2) is 6.02. The smallest absolute Gasteiger partial charge is 0.200 e. The minimum atomic E-state index is 0.514. The number of hydrogen-bond donors (Lipinski definition) is 1. The second-order valence-corrected chi connectivity index (χ2v) is 4.68. The number of aromatic nitrogens is 2. The van der Waals surface area contributed by atoms with Crippen molar-refractivity contribution in [3.05, 3.63) is 34.9 Å². The monoisotopic (exact) mass is 309 g/mol. The fourth-order valence-corrected chi connectivity index (χ4v) is 2.30. The van der Waals surface area contributed by atoms with E-state index in [0.29, 0.717) is 25.7 Å². The first kappa shape index (κ1) is 13.1. The Kier molecular flexibility index (Phi) is 4.38. The maximum absolute atomic E-state index is 5.89. The minimum Gasteiger partial charge on any atom is -0.380 e. The lowest BCUT2D eigenvalue weighted by Gasteiger charge is -2.11. The molecule has 5 heteroatoms. The van der Waals surface area contributed by atoms with Crippen molar-refractivity contribution in [2.24, 2.45) is 0 Å². The molecule has 2 N–H and O–H groups in total. The molecule has 96 valence electrons. The molecule has 0 saturated carbocycles. The van der Waals surface area contributed by atoms with E-state index < -0.39 is 0 Å². The zero-order valence-electron chi connectivity index (χ0n) is 10.3. The Morgan fingerprint density at radius 3 is 2.89 bits per heavy atom. The summed E-state index contributed by atoms with van der Waals surface area (Å²) in [6.07, 6.45) is 1.79. The molecule has 0 bridgehead atoms. The molecule has 0 amide bonds. The highest BCUT2D eigenvalue weighted by atomic mass is 79.9. The van der Waals surface area contributed by atoms with E-state index in [2.05, 4.69) is 20.9 Å². The first-order chi connectivity index (χ1) is 8.74. The zero-order valence-corrected chi connectivity index (χ0v) is 11.9. The lowest BCUT2D eigenvalue weighted by molar-refractivity contribution is 0.139. The normalized spacial score (nSPS) is 10.8. The summed E-state index contributed by atoms with van der Waals surface area (Å²) in [6, 6.07) is 8.02. The number of nitrogens with zero attached hydrogens (tertiary/aromatic N) is 2. The molecule has 1 aromatic carbocycles. The van der Waals surface area contributed by atoms with Crippen LogP contribution in [0.5, 0.6) is 0 Å². The highest BCUT2D eigenvalue weighted by molar-refractivity contribution is 9.10. The third-order valence-corrected chi connectivity index (χ3v) is 3.39. The average Bonchev–Trinajstić information content (AvgIpc) is 2.72. The van der Waals surface area contributed by atoms with Crippen LogP contribution in [0.3, 0.4) is 0 Å². The van der Waals surface area contributed by atoms with Crippen molar-refractivity contribution in [3.8, 4) is 11.3 Å². The molecule has 0 aliphatic heterocycles. The molecule has 0 radical (unpaired) electrons. The van der Waals surface area contributed by atoms with E-state index in [-0.39, 0.29) is 0 Å². The quantitative estimate of drug-likeness (QED) is 0.864. The summed E-state index contributed by atoms with van der Waals surface area (Å²) in [5.41, 5.74) is 7.97. The van der Waals surface area contributed by atoms with Crippen LogP contribution >= 0.6 is 15.9 Å². The van der Waals surface area contributed by atoms with Gasteiger partial charge >= 0.3 is 0 Å². The summed E-state index contributed by atoms with van der Waals surface area (Å²) < 4.78 is 8.37. The van der Waals surface area contributed by atoms with Crippen molar-refractivity contribution < 1.29 is 4.74 Å². The highest BCUT2D eigenvalue weighted by Crippen LogP contribution is 2.29. The van der Waals surface area contributed by atoms with Gasteiger partial charge in [0.2, 0.25) is 5.95 Å². The van der Waals surface area contributed by atoms with Gasteiger partial charge < -0.3 is 15.0 Å².